The van der Waals surface area contributed by atoms with Crippen molar-refractivity contribution < 1.29 is 9.59 Å². The molecule has 0 aromatic carbocycles. The van der Waals surface area contributed by atoms with E-state index in [2.05, 4.69) is 4.51 Å². The molecule has 0 atom stereocenters. The van der Waals surface area contributed by atoms with Gasteiger partial charge >= 0.3 is 0 Å². The molecule has 52 valence electrons. The Bertz CT molecular complexity index is 242. The molecule has 0 saturated heterocycles. The largest absolute Gasteiger partial charge is 0.294 e. The fraction of sp³-hybridized carbons (Fsp3) is 0.167. The maximum Gasteiger partial charge on any atom is 0.201 e. The summed E-state index contributed by atoms with van der Waals surface area (Å²) in [5.41, 5.74) is 0.120. The Morgan fingerprint density at radius 2 is 2.10 bits per heavy atom. The molecule has 1 aliphatic rings. The summed E-state index contributed by atoms with van der Waals surface area (Å²) in [7, 11) is 0. The van der Waals surface area contributed by atoms with Gasteiger partial charge in [0.15, 0.2) is 5.78 Å². The van der Waals surface area contributed by atoms with Gasteiger partial charge in [0, 0.05) is 11.8 Å². The summed E-state index contributed by atoms with van der Waals surface area (Å²) in [6, 6.07) is 0. The molecule has 0 aliphatic heterocycles. The van der Waals surface area contributed by atoms with E-state index >= 15 is 0 Å². The Hall–Kier alpha value is -0.960. The first kappa shape index (κ1) is 7.15. The summed E-state index contributed by atoms with van der Waals surface area (Å²) in [5.74, 6) is -0.423. The highest BCUT2D eigenvalue weighted by Crippen LogP contribution is 2.02. The lowest BCUT2D eigenvalue weighted by Gasteiger charge is -2.00. The van der Waals surface area contributed by atoms with Crippen LogP contribution in [0.5, 0.6) is 0 Å². The van der Waals surface area contributed by atoms with Crippen LogP contribution in [0, 0.1) is 0 Å². The molecule has 0 saturated carbocycles. The van der Waals surface area contributed by atoms with Gasteiger partial charge in [0.1, 0.15) is 5.71 Å². The molecule has 0 aromatic heterocycles. The van der Waals surface area contributed by atoms with E-state index in [-0.39, 0.29) is 23.7 Å². The van der Waals surface area contributed by atoms with E-state index in [0.29, 0.717) is 0 Å². The van der Waals surface area contributed by atoms with Gasteiger partial charge in [0.05, 0.1) is 6.42 Å². The van der Waals surface area contributed by atoms with Crippen LogP contribution in [0.1, 0.15) is 6.42 Å². The van der Waals surface area contributed by atoms with E-state index in [0.717, 1.165) is 0 Å². The Labute approximate surface area is 62.5 Å². The van der Waals surface area contributed by atoms with Crippen molar-refractivity contribution in [3.63, 3.8) is 0 Å². The molecule has 0 unspecified atom stereocenters. The Morgan fingerprint density at radius 1 is 1.40 bits per heavy atom. The SMILES string of the molecule is O=C1C=CC(=O)C(=NCl)C1. The van der Waals surface area contributed by atoms with Gasteiger partial charge < -0.3 is 0 Å². The molecule has 0 fully saturated rings. The van der Waals surface area contributed by atoms with E-state index in [4.69, 9.17) is 11.8 Å². The lowest BCUT2D eigenvalue weighted by molar-refractivity contribution is -0.116. The normalized spacial score (nSPS) is 22.3. The first-order valence-electron chi connectivity index (χ1n) is 2.67. The number of nitrogens with zero attached hydrogens (tertiary/aromatic N) is 1. The van der Waals surface area contributed by atoms with Gasteiger partial charge in [-0.2, -0.15) is 4.51 Å². The zero-order chi connectivity index (χ0) is 7.56. The van der Waals surface area contributed by atoms with Gasteiger partial charge in [-0.1, -0.05) is 0 Å². The van der Waals surface area contributed by atoms with Gasteiger partial charge in [-0.3, -0.25) is 9.59 Å². The number of carbonyl (C=O) groups is 2. The molecule has 0 spiro atoms. The van der Waals surface area contributed by atoms with Crippen LogP contribution >= 0.6 is 11.8 Å². The highest BCUT2D eigenvalue weighted by Gasteiger charge is 2.16. The number of carbonyl (C=O) groups excluding carboxylic acids is 2. The minimum Gasteiger partial charge on any atom is -0.294 e. The highest BCUT2D eigenvalue weighted by atomic mass is 35.5. The van der Waals surface area contributed by atoms with Crippen molar-refractivity contribution in [2.75, 3.05) is 0 Å². The van der Waals surface area contributed by atoms with E-state index in [1.54, 1.807) is 0 Å². The van der Waals surface area contributed by atoms with Gasteiger partial charge in [0.25, 0.3) is 0 Å². The molecule has 0 heterocycles. The van der Waals surface area contributed by atoms with Crippen LogP contribution in [-0.2, 0) is 9.59 Å². The molecule has 10 heavy (non-hydrogen) atoms. The zero-order valence-electron chi connectivity index (χ0n) is 5.00. The van der Waals surface area contributed by atoms with Crippen molar-refractivity contribution in [1.82, 2.24) is 0 Å². The minimum absolute atomic E-state index is 0.0266. The number of hydrogen-bond acceptors (Lipinski definition) is 3. The average molecular weight is 158 g/mol. The van der Waals surface area contributed by atoms with Crippen molar-refractivity contribution in [2.45, 2.75) is 6.42 Å². The van der Waals surface area contributed by atoms with Crippen LogP contribution in [0.4, 0.5) is 0 Å². The molecule has 3 nitrogen and oxygen atoms in total. The maximum atomic E-state index is 10.7. The first-order valence-corrected chi connectivity index (χ1v) is 3.01. The zero-order valence-corrected chi connectivity index (χ0v) is 5.76. The van der Waals surface area contributed by atoms with Crippen molar-refractivity contribution in [2.24, 2.45) is 4.51 Å². The molecule has 1 aliphatic carbocycles. The van der Waals surface area contributed by atoms with E-state index in [1.807, 2.05) is 0 Å². The fourth-order valence-electron chi connectivity index (χ4n) is 0.647. The topological polar surface area (TPSA) is 46.5 Å². The molecule has 0 amide bonds. The minimum atomic E-state index is -0.283. The number of allylic oxidation sites excluding steroid dienone is 2. The monoisotopic (exact) mass is 157 g/mol. The third-order valence-electron chi connectivity index (χ3n) is 1.15. The molecule has 4 heteroatoms. The lowest BCUT2D eigenvalue weighted by atomic mass is 10.0. The molecule has 0 bridgehead atoms. The smallest absolute Gasteiger partial charge is 0.201 e. The van der Waals surface area contributed by atoms with Crippen LogP contribution in [0.2, 0.25) is 0 Å². The second-order valence-electron chi connectivity index (χ2n) is 1.87. The fourth-order valence-corrected chi connectivity index (χ4v) is 0.790. The second kappa shape index (κ2) is 2.75. The van der Waals surface area contributed by atoms with E-state index < -0.39 is 0 Å². The van der Waals surface area contributed by atoms with Crippen LogP contribution in [0.3, 0.4) is 0 Å². The molecule has 0 aromatic rings. The van der Waals surface area contributed by atoms with Crippen molar-refractivity contribution in [3.05, 3.63) is 12.2 Å². The van der Waals surface area contributed by atoms with Crippen molar-refractivity contribution in [3.8, 4) is 0 Å². The van der Waals surface area contributed by atoms with Crippen LogP contribution in [0.15, 0.2) is 16.7 Å². The summed E-state index contributed by atoms with van der Waals surface area (Å²) in [6.07, 6.45) is 2.43. The predicted octanol–water partition coefficient (Wildman–Crippen LogP) is 0.679. The molecule has 1 rings (SSSR count). The predicted molar refractivity (Wildman–Crippen MR) is 37.1 cm³/mol. The maximum absolute atomic E-state index is 10.7. The number of rotatable bonds is 0. The number of halogens is 1. The lowest BCUT2D eigenvalue weighted by Crippen LogP contribution is -2.19. The first-order chi connectivity index (χ1) is 4.74. The Balaban J connectivity index is 2.92. The van der Waals surface area contributed by atoms with Crippen LogP contribution < -0.4 is 0 Å². The molecular formula is C6H4ClNO2. The Morgan fingerprint density at radius 3 is 2.60 bits per heavy atom. The van der Waals surface area contributed by atoms with Gasteiger partial charge in [-0.05, 0) is 12.2 Å². The third kappa shape index (κ3) is 1.30. The summed E-state index contributed by atoms with van der Waals surface area (Å²) >= 11 is 5.02. The molecule has 0 radical (unpaired) electrons. The third-order valence-corrected chi connectivity index (χ3v) is 1.35. The summed E-state index contributed by atoms with van der Waals surface area (Å²) in [4.78, 5) is 21.3. The summed E-state index contributed by atoms with van der Waals surface area (Å²) in [6.45, 7) is 0. The van der Waals surface area contributed by atoms with Gasteiger partial charge in [-0.25, -0.2) is 0 Å². The number of ketones is 2. The number of hydrogen-bond donors (Lipinski definition) is 0. The second-order valence-corrected chi connectivity index (χ2v) is 2.04. The van der Waals surface area contributed by atoms with Crippen LogP contribution in [0.25, 0.3) is 0 Å². The van der Waals surface area contributed by atoms with E-state index in [1.165, 1.54) is 12.2 Å². The average Bonchev–Trinajstić information content (AvgIpc) is 1.94. The summed E-state index contributed by atoms with van der Waals surface area (Å²) < 4.78 is 3.15. The quantitative estimate of drug-likeness (QED) is 0.519. The van der Waals surface area contributed by atoms with Crippen molar-refractivity contribution >= 4 is 29.1 Å². The summed E-state index contributed by atoms with van der Waals surface area (Å²) in [5, 5.41) is 0. The standard InChI is InChI=1S/C6H4ClNO2/c7-8-5-3-4(9)1-2-6(5)10/h1-2H,3H2. The molecular weight excluding hydrogens is 154 g/mol. The van der Waals surface area contributed by atoms with Gasteiger partial charge in [-0.15, -0.1) is 0 Å². The van der Waals surface area contributed by atoms with E-state index in [9.17, 15) is 9.59 Å². The van der Waals surface area contributed by atoms with Gasteiger partial charge in [0.2, 0.25) is 5.78 Å². The Kier molecular flexibility index (Phi) is 1.97. The highest BCUT2D eigenvalue weighted by molar-refractivity contribution is 6.52. The van der Waals surface area contributed by atoms with Crippen molar-refractivity contribution in [1.29, 1.82) is 0 Å². The molecule has 0 N–H and O–H groups in total. The van der Waals surface area contributed by atoms with Crippen LogP contribution in [-0.4, -0.2) is 17.3 Å².